The second-order valence-electron chi connectivity index (χ2n) is 4.51. The minimum Gasteiger partial charge on any atom is -0.326 e. The Morgan fingerprint density at radius 1 is 1.33 bits per heavy atom. The van der Waals surface area contributed by atoms with Crippen molar-refractivity contribution in [2.24, 2.45) is 11.7 Å². The summed E-state index contributed by atoms with van der Waals surface area (Å²) in [6.07, 6.45) is 3.77. The molecule has 72 valence electrons. The first-order valence-corrected chi connectivity index (χ1v) is 5.11. The van der Waals surface area contributed by atoms with Crippen molar-refractivity contribution in [3.63, 3.8) is 0 Å². The summed E-state index contributed by atoms with van der Waals surface area (Å²) in [4.78, 5) is 0. The molecule has 0 aliphatic heterocycles. The molecule has 2 nitrogen and oxygen atoms in total. The molecule has 0 radical (unpaired) electrons. The van der Waals surface area contributed by atoms with Crippen LogP contribution < -0.4 is 11.1 Å². The molecule has 0 aromatic carbocycles. The lowest BCUT2D eigenvalue weighted by atomic mass is 9.83. The standard InChI is InChI=1S/C10H22N2/c1-7(2)12-10-5-4-8(3)6-9(10)11/h7-10,12H,4-6,11H2,1-3H3. The van der Waals surface area contributed by atoms with Crippen LogP contribution in [0.5, 0.6) is 0 Å². The van der Waals surface area contributed by atoms with Crippen LogP contribution in [0.1, 0.15) is 40.0 Å². The molecule has 0 heterocycles. The van der Waals surface area contributed by atoms with E-state index in [-0.39, 0.29) is 0 Å². The Kier molecular flexibility index (Phi) is 3.53. The van der Waals surface area contributed by atoms with Crippen molar-refractivity contribution in [2.45, 2.75) is 58.2 Å². The molecule has 1 fully saturated rings. The molecule has 1 saturated carbocycles. The Morgan fingerprint density at radius 3 is 2.50 bits per heavy atom. The monoisotopic (exact) mass is 170 g/mol. The van der Waals surface area contributed by atoms with Gasteiger partial charge in [0.15, 0.2) is 0 Å². The fourth-order valence-corrected chi connectivity index (χ4v) is 2.06. The molecule has 1 aliphatic carbocycles. The van der Waals surface area contributed by atoms with Gasteiger partial charge in [0.25, 0.3) is 0 Å². The van der Waals surface area contributed by atoms with Gasteiger partial charge in [-0.1, -0.05) is 20.8 Å². The number of hydrogen-bond donors (Lipinski definition) is 2. The highest BCUT2D eigenvalue weighted by Gasteiger charge is 2.25. The van der Waals surface area contributed by atoms with Crippen molar-refractivity contribution in [1.82, 2.24) is 5.32 Å². The van der Waals surface area contributed by atoms with E-state index in [2.05, 4.69) is 26.1 Å². The largest absolute Gasteiger partial charge is 0.326 e. The molecule has 0 aromatic rings. The van der Waals surface area contributed by atoms with E-state index in [1.165, 1.54) is 19.3 Å². The summed E-state index contributed by atoms with van der Waals surface area (Å²) in [6.45, 7) is 6.67. The molecular weight excluding hydrogens is 148 g/mol. The van der Waals surface area contributed by atoms with Crippen LogP contribution in [0.2, 0.25) is 0 Å². The minimum atomic E-state index is 0.371. The second-order valence-corrected chi connectivity index (χ2v) is 4.51. The zero-order chi connectivity index (χ0) is 9.14. The lowest BCUT2D eigenvalue weighted by Gasteiger charge is -2.34. The van der Waals surface area contributed by atoms with Gasteiger partial charge in [-0.2, -0.15) is 0 Å². The highest BCUT2D eigenvalue weighted by molar-refractivity contribution is 4.86. The van der Waals surface area contributed by atoms with Gasteiger partial charge in [0, 0.05) is 18.1 Å². The van der Waals surface area contributed by atoms with Gasteiger partial charge in [-0.05, 0) is 25.2 Å². The molecule has 1 rings (SSSR count). The van der Waals surface area contributed by atoms with Crippen molar-refractivity contribution < 1.29 is 0 Å². The van der Waals surface area contributed by atoms with Crippen molar-refractivity contribution in [2.75, 3.05) is 0 Å². The molecule has 2 heteroatoms. The van der Waals surface area contributed by atoms with Gasteiger partial charge in [0.05, 0.1) is 0 Å². The maximum atomic E-state index is 6.06. The van der Waals surface area contributed by atoms with E-state index in [1.54, 1.807) is 0 Å². The molecule has 1 aliphatic rings. The minimum absolute atomic E-state index is 0.371. The number of rotatable bonds is 2. The van der Waals surface area contributed by atoms with Crippen LogP contribution in [0.25, 0.3) is 0 Å². The zero-order valence-corrected chi connectivity index (χ0v) is 8.51. The molecule has 0 spiro atoms. The van der Waals surface area contributed by atoms with E-state index in [0.29, 0.717) is 18.1 Å². The fourth-order valence-electron chi connectivity index (χ4n) is 2.06. The van der Waals surface area contributed by atoms with E-state index >= 15 is 0 Å². The van der Waals surface area contributed by atoms with E-state index in [1.807, 2.05) is 0 Å². The van der Waals surface area contributed by atoms with E-state index in [0.717, 1.165) is 5.92 Å². The number of hydrogen-bond acceptors (Lipinski definition) is 2. The summed E-state index contributed by atoms with van der Waals surface area (Å²) in [7, 11) is 0. The predicted octanol–water partition coefficient (Wildman–Crippen LogP) is 1.50. The molecule has 12 heavy (non-hydrogen) atoms. The summed E-state index contributed by atoms with van der Waals surface area (Å²) < 4.78 is 0. The maximum absolute atomic E-state index is 6.06. The highest BCUT2D eigenvalue weighted by Crippen LogP contribution is 2.22. The van der Waals surface area contributed by atoms with Gasteiger partial charge >= 0.3 is 0 Å². The van der Waals surface area contributed by atoms with Crippen molar-refractivity contribution >= 4 is 0 Å². The van der Waals surface area contributed by atoms with Crippen LogP contribution in [-0.2, 0) is 0 Å². The Balaban J connectivity index is 2.34. The first kappa shape index (κ1) is 10.0. The summed E-state index contributed by atoms with van der Waals surface area (Å²) >= 11 is 0. The van der Waals surface area contributed by atoms with E-state index < -0.39 is 0 Å². The predicted molar refractivity (Wildman–Crippen MR) is 53.1 cm³/mol. The molecule has 3 N–H and O–H groups in total. The van der Waals surface area contributed by atoms with Gasteiger partial charge in [0.2, 0.25) is 0 Å². The molecule has 0 amide bonds. The Morgan fingerprint density at radius 2 is 2.00 bits per heavy atom. The molecule has 3 atom stereocenters. The van der Waals surface area contributed by atoms with Gasteiger partial charge in [-0.25, -0.2) is 0 Å². The van der Waals surface area contributed by atoms with Crippen LogP contribution in [-0.4, -0.2) is 18.1 Å². The fraction of sp³-hybridized carbons (Fsp3) is 1.00. The summed E-state index contributed by atoms with van der Waals surface area (Å²) in [5.41, 5.74) is 6.06. The maximum Gasteiger partial charge on any atom is 0.0221 e. The first-order chi connectivity index (χ1) is 5.59. The van der Waals surface area contributed by atoms with Crippen LogP contribution in [0.15, 0.2) is 0 Å². The smallest absolute Gasteiger partial charge is 0.0221 e. The topological polar surface area (TPSA) is 38.0 Å². The van der Waals surface area contributed by atoms with Gasteiger partial charge in [-0.3, -0.25) is 0 Å². The van der Waals surface area contributed by atoms with E-state index in [9.17, 15) is 0 Å². The van der Waals surface area contributed by atoms with Gasteiger partial charge < -0.3 is 11.1 Å². The lowest BCUT2D eigenvalue weighted by molar-refractivity contribution is 0.259. The van der Waals surface area contributed by atoms with Gasteiger partial charge in [0.1, 0.15) is 0 Å². The molecule has 0 saturated heterocycles. The Bertz CT molecular complexity index is 134. The van der Waals surface area contributed by atoms with Crippen molar-refractivity contribution in [3.05, 3.63) is 0 Å². The van der Waals surface area contributed by atoms with Crippen LogP contribution in [0, 0.1) is 5.92 Å². The van der Waals surface area contributed by atoms with Gasteiger partial charge in [-0.15, -0.1) is 0 Å². The van der Waals surface area contributed by atoms with Crippen LogP contribution >= 0.6 is 0 Å². The molecule has 0 bridgehead atoms. The van der Waals surface area contributed by atoms with E-state index in [4.69, 9.17) is 5.73 Å². The SMILES string of the molecule is CC1CCC(NC(C)C)C(N)C1. The molecule has 3 unspecified atom stereocenters. The van der Waals surface area contributed by atoms with Crippen LogP contribution in [0.4, 0.5) is 0 Å². The van der Waals surface area contributed by atoms with Crippen molar-refractivity contribution in [3.8, 4) is 0 Å². The lowest BCUT2D eigenvalue weighted by Crippen LogP contribution is -2.50. The Labute approximate surface area is 75.9 Å². The molecule has 0 aromatic heterocycles. The third-order valence-corrected chi connectivity index (χ3v) is 2.71. The third kappa shape index (κ3) is 2.76. The first-order valence-electron chi connectivity index (χ1n) is 5.11. The Hall–Kier alpha value is -0.0800. The second kappa shape index (κ2) is 4.24. The quantitative estimate of drug-likeness (QED) is 0.659. The van der Waals surface area contributed by atoms with Crippen molar-refractivity contribution in [1.29, 1.82) is 0 Å². The third-order valence-electron chi connectivity index (χ3n) is 2.71. The summed E-state index contributed by atoms with van der Waals surface area (Å²) in [6, 6.07) is 1.49. The summed E-state index contributed by atoms with van der Waals surface area (Å²) in [5, 5.41) is 3.53. The average molecular weight is 170 g/mol. The van der Waals surface area contributed by atoms with Crippen LogP contribution in [0.3, 0.4) is 0 Å². The number of nitrogens with two attached hydrogens (primary N) is 1. The molecular formula is C10H22N2. The normalized spacial score (nSPS) is 37.2. The highest BCUT2D eigenvalue weighted by atomic mass is 15.0. The average Bonchev–Trinajstić information content (AvgIpc) is 1.94. The number of nitrogens with one attached hydrogen (secondary N) is 1. The zero-order valence-electron chi connectivity index (χ0n) is 8.51. The summed E-state index contributed by atoms with van der Waals surface area (Å²) in [5.74, 6) is 0.824.